The standard InChI is InChI=1S/C12H11ClFN3/c13-7-3-8-11(17-15)5-10(6-1-2-6)16-12(8)9(14)4-7/h3-6H,1-2,15H2,(H,16,17). The predicted octanol–water partition coefficient (Wildman–Crippen LogP) is 3.19. The number of nitrogens with zero attached hydrogens (tertiary/aromatic N) is 1. The number of hydrazine groups is 1. The van der Waals surface area contributed by atoms with Crippen LogP contribution < -0.4 is 11.3 Å². The number of aromatic nitrogens is 1. The van der Waals surface area contributed by atoms with Crippen molar-refractivity contribution >= 4 is 28.2 Å². The van der Waals surface area contributed by atoms with Gasteiger partial charge in [-0.1, -0.05) is 11.6 Å². The first-order valence-electron chi connectivity index (χ1n) is 5.45. The molecule has 1 aromatic heterocycles. The topological polar surface area (TPSA) is 50.9 Å². The molecule has 3 N–H and O–H groups in total. The van der Waals surface area contributed by atoms with Crippen molar-refractivity contribution < 1.29 is 4.39 Å². The van der Waals surface area contributed by atoms with Gasteiger partial charge in [-0.2, -0.15) is 0 Å². The van der Waals surface area contributed by atoms with E-state index in [-0.39, 0.29) is 0 Å². The van der Waals surface area contributed by atoms with E-state index in [0.29, 0.717) is 27.5 Å². The predicted molar refractivity (Wildman–Crippen MR) is 66.5 cm³/mol. The Morgan fingerprint density at radius 3 is 2.76 bits per heavy atom. The molecular weight excluding hydrogens is 241 g/mol. The van der Waals surface area contributed by atoms with Gasteiger partial charge in [-0.05, 0) is 31.0 Å². The highest BCUT2D eigenvalue weighted by Gasteiger charge is 2.26. The number of pyridine rings is 1. The molecule has 1 aliphatic rings. The fourth-order valence-electron chi connectivity index (χ4n) is 1.98. The van der Waals surface area contributed by atoms with E-state index < -0.39 is 5.82 Å². The normalized spacial score (nSPS) is 15.2. The third-order valence-corrected chi connectivity index (χ3v) is 3.22. The summed E-state index contributed by atoms with van der Waals surface area (Å²) in [5, 5.41) is 0.953. The van der Waals surface area contributed by atoms with Gasteiger partial charge in [0.2, 0.25) is 0 Å². The van der Waals surface area contributed by atoms with Gasteiger partial charge >= 0.3 is 0 Å². The molecule has 1 heterocycles. The van der Waals surface area contributed by atoms with Crippen LogP contribution in [0.2, 0.25) is 5.02 Å². The van der Waals surface area contributed by atoms with Crippen LogP contribution in [0.1, 0.15) is 24.5 Å². The Hall–Kier alpha value is -1.39. The van der Waals surface area contributed by atoms with Gasteiger partial charge in [0.25, 0.3) is 0 Å². The molecule has 88 valence electrons. The summed E-state index contributed by atoms with van der Waals surface area (Å²) in [7, 11) is 0. The zero-order valence-electron chi connectivity index (χ0n) is 9.00. The number of rotatable bonds is 2. The molecule has 0 atom stereocenters. The molecule has 1 fully saturated rings. The highest BCUT2D eigenvalue weighted by Crippen LogP contribution is 2.41. The first kappa shape index (κ1) is 10.7. The second-order valence-electron chi connectivity index (χ2n) is 4.30. The van der Waals surface area contributed by atoms with Gasteiger partial charge in [-0.15, -0.1) is 0 Å². The Balaban J connectivity index is 2.31. The highest BCUT2D eigenvalue weighted by atomic mass is 35.5. The Kier molecular flexibility index (Phi) is 2.42. The molecule has 3 nitrogen and oxygen atoms in total. The van der Waals surface area contributed by atoms with E-state index in [1.807, 2.05) is 6.07 Å². The van der Waals surface area contributed by atoms with Gasteiger partial charge < -0.3 is 5.43 Å². The monoisotopic (exact) mass is 251 g/mol. The Labute approximate surface area is 103 Å². The molecule has 0 aliphatic heterocycles. The maximum Gasteiger partial charge on any atom is 0.150 e. The van der Waals surface area contributed by atoms with Crippen molar-refractivity contribution in [1.82, 2.24) is 4.98 Å². The number of nitrogen functional groups attached to an aromatic ring is 1. The average Bonchev–Trinajstić information content (AvgIpc) is 3.11. The number of nitrogens with one attached hydrogen (secondary N) is 1. The number of benzene rings is 1. The van der Waals surface area contributed by atoms with E-state index in [9.17, 15) is 4.39 Å². The van der Waals surface area contributed by atoms with Gasteiger partial charge in [0, 0.05) is 22.0 Å². The molecular formula is C12H11ClFN3. The highest BCUT2D eigenvalue weighted by molar-refractivity contribution is 6.31. The first-order valence-corrected chi connectivity index (χ1v) is 5.83. The molecule has 0 spiro atoms. The molecule has 0 saturated heterocycles. The second kappa shape index (κ2) is 3.82. The maximum absolute atomic E-state index is 13.8. The van der Waals surface area contributed by atoms with Crippen LogP contribution in [-0.2, 0) is 0 Å². The van der Waals surface area contributed by atoms with Crippen LogP contribution in [0.5, 0.6) is 0 Å². The molecule has 0 unspecified atom stereocenters. The van der Waals surface area contributed by atoms with Gasteiger partial charge in [0.15, 0.2) is 5.82 Å². The summed E-state index contributed by atoms with van der Waals surface area (Å²) in [5.74, 6) is 5.50. The summed E-state index contributed by atoms with van der Waals surface area (Å²) in [4.78, 5) is 4.36. The van der Waals surface area contributed by atoms with Crippen LogP contribution in [0.25, 0.3) is 10.9 Å². The summed E-state index contributed by atoms with van der Waals surface area (Å²) in [5.41, 5.74) is 4.47. The smallest absolute Gasteiger partial charge is 0.150 e. The van der Waals surface area contributed by atoms with Crippen LogP contribution in [0.4, 0.5) is 10.1 Å². The van der Waals surface area contributed by atoms with E-state index >= 15 is 0 Å². The van der Waals surface area contributed by atoms with Gasteiger partial charge in [-0.3, -0.25) is 5.84 Å². The van der Waals surface area contributed by atoms with Crippen LogP contribution in [0.3, 0.4) is 0 Å². The number of hydrogen-bond donors (Lipinski definition) is 2. The molecule has 5 heteroatoms. The Morgan fingerprint density at radius 1 is 1.35 bits per heavy atom. The van der Waals surface area contributed by atoms with E-state index in [2.05, 4.69) is 10.4 Å². The van der Waals surface area contributed by atoms with Crippen molar-refractivity contribution in [3.8, 4) is 0 Å². The van der Waals surface area contributed by atoms with Crippen molar-refractivity contribution in [1.29, 1.82) is 0 Å². The number of anilines is 1. The SMILES string of the molecule is NNc1cc(C2CC2)nc2c(F)cc(Cl)cc12. The number of hydrogen-bond acceptors (Lipinski definition) is 3. The lowest BCUT2D eigenvalue weighted by molar-refractivity contribution is 0.636. The third kappa shape index (κ3) is 1.83. The molecule has 2 aromatic rings. The fraction of sp³-hybridized carbons (Fsp3) is 0.250. The zero-order chi connectivity index (χ0) is 12.0. The van der Waals surface area contributed by atoms with Crippen molar-refractivity contribution in [3.05, 3.63) is 34.7 Å². The van der Waals surface area contributed by atoms with Crippen LogP contribution in [0.15, 0.2) is 18.2 Å². The van der Waals surface area contributed by atoms with E-state index in [1.54, 1.807) is 6.07 Å². The minimum absolute atomic E-state index is 0.326. The lowest BCUT2D eigenvalue weighted by atomic mass is 10.1. The largest absolute Gasteiger partial charge is 0.323 e. The summed E-state index contributed by atoms with van der Waals surface area (Å²) in [6, 6.07) is 4.81. The number of halogens is 2. The summed E-state index contributed by atoms with van der Waals surface area (Å²) < 4.78 is 13.8. The molecule has 17 heavy (non-hydrogen) atoms. The third-order valence-electron chi connectivity index (χ3n) is 3.00. The summed E-state index contributed by atoms with van der Waals surface area (Å²) in [6.45, 7) is 0. The van der Waals surface area contributed by atoms with E-state index in [1.165, 1.54) is 6.07 Å². The van der Waals surface area contributed by atoms with Crippen molar-refractivity contribution in [2.24, 2.45) is 5.84 Å². The van der Waals surface area contributed by atoms with Crippen LogP contribution in [0, 0.1) is 5.82 Å². The summed E-state index contributed by atoms with van der Waals surface area (Å²) >= 11 is 5.83. The fourth-order valence-corrected chi connectivity index (χ4v) is 2.18. The van der Waals surface area contributed by atoms with Crippen molar-refractivity contribution in [3.63, 3.8) is 0 Å². The number of fused-ring (bicyclic) bond motifs is 1. The first-order chi connectivity index (χ1) is 8.19. The van der Waals surface area contributed by atoms with Crippen LogP contribution in [-0.4, -0.2) is 4.98 Å². The summed E-state index contributed by atoms with van der Waals surface area (Å²) in [6.07, 6.45) is 2.22. The average molecular weight is 252 g/mol. The van der Waals surface area contributed by atoms with E-state index in [4.69, 9.17) is 17.4 Å². The quantitative estimate of drug-likeness (QED) is 0.637. The van der Waals surface area contributed by atoms with Crippen molar-refractivity contribution in [2.75, 3.05) is 5.43 Å². The van der Waals surface area contributed by atoms with Gasteiger partial charge in [0.1, 0.15) is 5.52 Å². The zero-order valence-corrected chi connectivity index (χ0v) is 9.76. The lowest BCUT2D eigenvalue weighted by Gasteiger charge is -2.09. The minimum Gasteiger partial charge on any atom is -0.323 e. The second-order valence-corrected chi connectivity index (χ2v) is 4.73. The van der Waals surface area contributed by atoms with E-state index in [0.717, 1.165) is 18.5 Å². The molecule has 3 rings (SSSR count). The van der Waals surface area contributed by atoms with Gasteiger partial charge in [0.05, 0.1) is 5.69 Å². The molecule has 0 radical (unpaired) electrons. The minimum atomic E-state index is -0.411. The molecule has 0 amide bonds. The van der Waals surface area contributed by atoms with Crippen molar-refractivity contribution in [2.45, 2.75) is 18.8 Å². The molecule has 1 aromatic carbocycles. The molecule has 1 saturated carbocycles. The maximum atomic E-state index is 13.8. The Morgan fingerprint density at radius 2 is 2.12 bits per heavy atom. The molecule has 1 aliphatic carbocycles. The van der Waals surface area contributed by atoms with Gasteiger partial charge in [-0.25, -0.2) is 9.37 Å². The number of nitrogens with two attached hydrogens (primary N) is 1. The van der Waals surface area contributed by atoms with Crippen LogP contribution >= 0.6 is 11.6 Å². The Bertz CT molecular complexity index is 596. The lowest BCUT2D eigenvalue weighted by Crippen LogP contribution is -2.08. The molecule has 0 bridgehead atoms.